The molecule has 1 amide bonds. The van der Waals surface area contributed by atoms with Gasteiger partial charge < -0.3 is 29.9 Å². The highest BCUT2D eigenvalue weighted by Crippen LogP contribution is 2.35. The highest BCUT2D eigenvalue weighted by Gasteiger charge is 2.34. The van der Waals surface area contributed by atoms with Crippen LogP contribution < -0.4 is 15.1 Å². The standard InChI is InChI=1S/C30H31N5O.C23H28BrN5O2/c1-19-14-31-15-20(2)35(19)24-12-10-22(11-13-24)23-16-32-30-29(17-33-34(30)18-23)28-9-5-7-26-25(21(3)36)6-4-8-27(26)28;1-15-12-27(22(30)31-23(3,4)5)13-16(2)29(15)19-8-6-17(7-9-19)18-10-25-21-20(24)11-26-28(21)14-18/h4-13,16-21,31,36H,14-15H2,1-3H3;6-11,14-16H,12-13H2,1-5H3/t19-,20+,21?;15-,16+. The Morgan fingerprint density at radius 1 is 0.672 bits per heavy atom. The average molecular weight is 964 g/mol. The number of hydrogen-bond acceptors (Lipinski definition) is 10. The van der Waals surface area contributed by atoms with Crippen molar-refractivity contribution in [2.24, 2.45) is 0 Å². The van der Waals surface area contributed by atoms with Crippen molar-refractivity contribution >= 4 is 55.5 Å². The van der Waals surface area contributed by atoms with E-state index in [-0.39, 0.29) is 18.2 Å². The van der Waals surface area contributed by atoms with Crippen molar-refractivity contribution in [2.75, 3.05) is 36.0 Å². The maximum Gasteiger partial charge on any atom is 0.410 e. The first-order valence-electron chi connectivity index (χ1n) is 23.1. The number of carbonyl (C=O) groups excluding carboxylic acids is 1. The molecule has 13 nitrogen and oxygen atoms in total. The lowest BCUT2D eigenvalue weighted by molar-refractivity contribution is 0.0193. The van der Waals surface area contributed by atoms with E-state index in [0.717, 1.165) is 84.3 Å². The van der Waals surface area contributed by atoms with Gasteiger partial charge in [-0.05, 0) is 129 Å². The number of aromatic nitrogens is 6. The molecule has 4 aromatic heterocycles. The van der Waals surface area contributed by atoms with Gasteiger partial charge in [0.2, 0.25) is 0 Å². The van der Waals surface area contributed by atoms with Crippen LogP contribution in [0.15, 0.2) is 127 Å². The Kier molecular flexibility index (Phi) is 12.8. The minimum absolute atomic E-state index is 0.182. The number of halogens is 1. The summed E-state index contributed by atoms with van der Waals surface area (Å²) in [6, 6.07) is 30.8. The van der Waals surface area contributed by atoms with Crippen molar-refractivity contribution in [3.63, 3.8) is 0 Å². The van der Waals surface area contributed by atoms with Gasteiger partial charge in [0, 0.05) is 103 Å². The highest BCUT2D eigenvalue weighted by atomic mass is 79.9. The molecular formula is C53H59BrN10O3. The number of rotatable bonds is 6. The smallest absolute Gasteiger partial charge is 0.410 e. The molecule has 67 heavy (non-hydrogen) atoms. The van der Waals surface area contributed by atoms with Crippen LogP contribution in [0.1, 0.15) is 67.1 Å². The van der Waals surface area contributed by atoms with Crippen LogP contribution in [0.5, 0.6) is 0 Å². The first-order chi connectivity index (χ1) is 32.1. The highest BCUT2D eigenvalue weighted by molar-refractivity contribution is 9.10. The van der Waals surface area contributed by atoms with E-state index < -0.39 is 11.7 Å². The van der Waals surface area contributed by atoms with E-state index in [1.807, 2.05) is 79.4 Å². The zero-order valence-electron chi connectivity index (χ0n) is 39.4. The fourth-order valence-corrected chi connectivity index (χ4v) is 10.1. The second kappa shape index (κ2) is 18.7. The first-order valence-corrected chi connectivity index (χ1v) is 23.9. The van der Waals surface area contributed by atoms with Crippen molar-refractivity contribution in [1.29, 1.82) is 0 Å². The van der Waals surface area contributed by atoms with Crippen molar-refractivity contribution in [1.82, 2.24) is 39.4 Å². The molecular weight excluding hydrogens is 905 g/mol. The number of hydrogen-bond donors (Lipinski definition) is 2. The lowest BCUT2D eigenvalue weighted by Gasteiger charge is -2.45. The molecule has 2 aliphatic rings. The lowest BCUT2D eigenvalue weighted by Crippen LogP contribution is -2.58. The van der Waals surface area contributed by atoms with E-state index in [1.54, 1.807) is 17.6 Å². The summed E-state index contributed by atoms with van der Waals surface area (Å²) < 4.78 is 10.1. The minimum atomic E-state index is -0.530. The van der Waals surface area contributed by atoms with E-state index >= 15 is 0 Å². The predicted molar refractivity (Wildman–Crippen MR) is 272 cm³/mol. The Balaban J connectivity index is 0.000000170. The van der Waals surface area contributed by atoms with Crippen molar-refractivity contribution in [3.8, 4) is 33.4 Å². The maximum atomic E-state index is 12.5. The molecule has 0 aliphatic carbocycles. The minimum Gasteiger partial charge on any atom is -0.444 e. The Labute approximate surface area is 400 Å². The summed E-state index contributed by atoms with van der Waals surface area (Å²) >= 11 is 3.46. The van der Waals surface area contributed by atoms with Crippen LogP contribution in [0.3, 0.4) is 0 Å². The van der Waals surface area contributed by atoms with E-state index in [4.69, 9.17) is 9.72 Å². The van der Waals surface area contributed by atoms with Gasteiger partial charge in [-0.15, -0.1) is 0 Å². The van der Waals surface area contributed by atoms with Gasteiger partial charge in [-0.2, -0.15) is 10.2 Å². The lowest BCUT2D eigenvalue weighted by atomic mass is 9.95. The van der Waals surface area contributed by atoms with Gasteiger partial charge in [-0.25, -0.2) is 23.8 Å². The van der Waals surface area contributed by atoms with E-state index in [1.165, 1.54) is 5.69 Å². The summed E-state index contributed by atoms with van der Waals surface area (Å²) in [4.78, 5) is 28.5. The van der Waals surface area contributed by atoms with Gasteiger partial charge in [0.25, 0.3) is 0 Å². The third-order valence-electron chi connectivity index (χ3n) is 12.8. The quantitative estimate of drug-likeness (QED) is 0.166. The Morgan fingerprint density at radius 2 is 1.19 bits per heavy atom. The molecule has 0 radical (unpaired) electrons. The number of anilines is 2. The number of amides is 1. The number of piperazine rings is 2. The summed E-state index contributed by atoms with van der Waals surface area (Å²) in [5.74, 6) is 0. The molecule has 2 aliphatic heterocycles. The molecule has 1 unspecified atom stereocenters. The van der Waals surface area contributed by atoms with Crippen LogP contribution in [-0.2, 0) is 4.74 Å². The van der Waals surface area contributed by atoms with Crippen molar-refractivity contribution in [2.45, 2.75) is 91.3 Å². The Bertz CT molecular complexity index is 3010. The van der Waals surface area contributed by atoms with Gasteiger partial charge in [0.15, 0.2) is 11.3 Å². The number of aliphatic hydroxyl groups excluding tert-OH is 1. The number of aliphatic hydroxyl groups is 1. The number of carbonyl (C=O) groups is 1. The fourth-order valence-electron chi connectivity index (χ4n) is 9.74. The Morgan fingerprint density at radius 3 is 1.78 bits per heavy atom. The molecule has 2 fully saturated rings. The zero-order valence-corrected chi connectivity index (χ0v) is 41.0. The van der Waals surface area contributed by atoms with Crippen LogP contribution >= 0.6 is 15.9 Å². The number of benzene rings is 4. The molecule has 14 heteroatoms. The zero-order chi connectivity index (χ0) is 47.1. The molecule has 0 saturated carbocycles. The van der Waals surface area contributed by atoms with Gasteiger partial charge in [0.05, 0.1) is 23.0 Å². The number of nitrogens with one attached hydrogen (secondary N) is 1. The molecule has 4 aromatic carbocycles. The molecule has 346 valence electrons. The Hall–Kier alpha value is -6.35. The SMILES string of the molecule is CC(O)c1cccc2c(-c3cnn4cc(-c5ccc(N6[C@H](C)CNC[C@@H]6C)cc5)cnc34)cccc12.C[C@@H]1CN(C(=O)OC(C)(C)C)C[C@H](C)N1c1ccc(-c2cnc3c(Br)cnn3c2)cc1. The van der Waals surface area contributed by atoms with Crippen LogP contribution in [-0.4, -0.2) is 101 Å². The third kappa shape index (κ3) is 9.47. The predicted octanol–water partition coefficient (Wildman–Crippen LogP) is 10.4. The van der Waals surface area contributed by atoms with Crippen LogP contribution in [0.4, 0.5) is 16.2 Å². The third-order valence-corrected chi connectivity index (χ3v) is 13.3. The van der Waals surface area contributed by atoms with Gasteiger partial charge in [-0.3, -0.25) is 0 Å². The fraction of sp³-hybridized carbons (Fsp3) is 0.340. The summed E-state index contributed by atoms with van der Waals surface area (Å²) in [6.07, 6.45) is 10.7. The number of fused-ring (bicyclic) bond motifs is 3. The van der Waals surface area contributed by atoms with Gasteiger partial charge in [0.1, 0.15) is 5.60 Å². The average Bonchev–Trinajstić information content (AvgIpc) is 3.90. The monoisotopic (exact) mass is 962 g/mol. The molecule has 10 rings (SSSR count). The molecule has 6 heterocycles. The normalized spacial score (nSPS) is 19.4. The van der Waals surface area contributed by atoms with E-state index in [0.29, 0.717) is 25.2 Å². The number of ether oxygens (including phenoxy) is 1. The van der Waals surface area contributed by atoms with Crippen LogP contribution in [0.25, 0.3) is 55.4 Å². The van der Waals surface area contributed by atoms with Crippen molar-refractivity contribution < 1.29 is 14.6 Å². The second-order valence-corrected chi connectivity index (χ2v) is 19.9. The summed E-state index contributed by atoms with van der Waals surface area (Å²) in [5, 5.41) is 24.8. The van der Waals surface area contributed by atoms with Crippen LogP contribution in [0.2, 0.25) is 0 Å². The van der Waals surface area contributed by atoms with Crippen LogP contribution in [0, 0.1) is 0 Å². The summed E-state index contributed by atoms with van der Waals surface area (Å²) in [6.45, 7) is 19.6. The summed E-state index contributed by atoms with van der Waals surface area (Å²) in [7, 11) is 0. The molecule has 5 atom stereocenters. The molecule has 8 aromatic rings. The number of nitrogens with zero attached hydrogens (tertiary/aromatic N) is 9. The van der Waals surface area contributed by atoms with E-state index in [9.17, 15) is 9.90 Å². The largest absolute Gasteiger partial charge is 0.444 e. The van der Waals surface area contributed by atoms with E-state index in [2.05, 4.69) is 141 Å². The van der Waals surface area contributed by atoms with Crippen molar-refractivity contribution in [3.05, 3.63) is 132 Å². The molecule has 2 saturated heterocycles. The molecule has 0 spiro atoms. The van der Waals surface area contributed by atoms with Gasteiger partial charge >= 0.3 is 6.09 Å². The summed E-state index contributed by atoms with van der Waals surface area (Å²) in [5.41, 5.74) is 10.7. The first kappa shape index (κ1) is 45.8. The molecule has 2 N–H and O–H groups in total. The molecule has 0 bridgehead atoms. The second-order valence-electron chi connectivity index (χ2n) is 19.0. The maximum absolute atomic E-state index is 12.5. The van der Waals surface area contributed by atoms with Gasteiger partial charge in [-0.1, -0.05) is 60.7 Å². The topological polar surface area (TPSA) is 129 Å².